The lowest BCUT2D eigenvalue weighted by Gasteiger charge is -2.21. The number of aryl methyl sites for hydroxylation is 2. The molecular formula is C13H23N3. The summed E-state index contributed by atoms with van der Waals surface area (Å²) in [7, 11) is 1.99. The van der Waals surface area contributed by atoms with Gasteiger partial charge in [-0.15, -0.1) is 0 Å². The second-order valence-electron chi connectivity index (χ2n) is 5.08. The van der Waals surface area contributed by atoms with Crippen molar-refractivity contribution in [2.45, 2.75) is 52.1 Å². The fourth-order valence-electron chi connectivity index (χ4n) is 2.54. The van der Waals surface area contributed by atoms with E-state index in [1.54, 1.807) is 0 Å². The molecule has 2 rings (SSSR count). The van der Waals surface area contributed by atoms with Crippen molar-refractivity contribution in [3.05, 3.63) is 17.5 Å². The molecule has 1 aliphatic rings. The third kappa shape index (κ3) is 2.46. The van der Waals surface area contributed by atoms with Crippen LogP contribution in [0.4, 0.5) is 0 Å². The van der Waals surface area contributed by atoms with Gasteiger partial charge >= 0.3 is 0 Å². The first-order valence-electron chi connectivity index (χ1n) is 6.38. The van der Waals surface area contributed by atoms with E-state index in [0.29, 0.717) is 12.1 Å². The van der Waals surface area contributed by atoms with Gasteiger partial charge in [0.25, 0.3) is 0 Å². The molecule has 0 bridgehead atoms. The molecule has 1 aromatic rings. The average Bonchev–Trinajstić information content (AvgIpc) is 3.01. The van der Waals surface area contributed by atoms with Crippen LogP contribution in [0.25, 0.3) is 0 Å². The van der Waals surface area contributed by atoms with Crippen molar-refractivity contribution >= 4 is 0 Å². The van der Waals surface area contributed by atoms with Crippen molar-refractivity contribution in [3.63, 3.8) is 0 Å². The molecule has 0 radical (unpaired) electrons. The highest BCUT2D eigenvalue weighted by atomic mass is 15.3. The molecule has 1 saturated carbocycles. The first-order valence-corrected chi connectivity index (χ1v) is 6.38. The van der Waals surface area contributed by atoms with Crippen molar-refractivity contribution in [2.24, 2.45) is 13.0 Å². The molecule has 1 fully saturated rings. The van der Waals surface area contributed by atoms with Crippen LogP contribution in [0.1, 0.15) is 50.4 Å². The molecule has 0 spiro atoms. The van der Waals surface area contributed by atoms with Gasteiger partial charge in [0.2, 0.25) is 0 Å². The van der Waals surface area contributed by atoms with Crippen LogP contribution < -0.4 is 5.32 Å². The molecule has 0 amide bonds. The Morgan fingerprint density at radius 1 is 1.56 bits per heavy atom. The molecule has 1 aliphatic carbocycles. The van der Waals surface area contributed by atoms with E-state index in [1.807, 2.05) is 11.7 Å². The Labute approximate surface area is 98.2 Å². The molecule has 1 aromatic heterocycles. The van der Waals surface area contributed by atoms with Crippen molar-refractivity contribution in [1.29, 1.82) is 0 Å². The largest absolute Gasteiger partial charge is 0.307 e. The van der Waals surface area contributed by atoms with E-state index in [1.165, 1.54) is 24.8 Å². The molecule has 0 aliphatic heterocycles. The Morgan fingerprint density at radius 3 is 2.69 bits per heavy atom. The van der Waals surface area contributed by atoms with Gasteiger partial charge in [0.15, 0.2) is 0 Å². The van der Waals surface area contributed by atoms with Crippen molar-refractivity contribution in [3.8, 4) is 0 Å². The van der Waals surface area contributed by atoms with Crippen LogP contribution >= 0.6 is 0 Å². The highest BCUT2D eigenvalue weighted by Crippen LogP contribution is 2.35. The Kier molecular flexibility index (Phi) is 3.33. The quantitative estimate of drug-likeness (QED) is 0.828. The number of nitrogens with zero attached hydrogens (tertiary/aromatic N) is 2. The van der Waals surface area contributed by atoms with E-state index in [2.05, 4.69) is 37.4 Å². The molecule has 3 heteroatoms. The summed E-state index contributed by atoms with van der Waals surface area (Å²) in [5.74, 6) is 0.921. The van der Waals surface area contributed by atoms with Crippen LogP contribution in [0.5, 0.6) is 0 Å². The van der Waals surface area contributed by atoms with E-state index >= 15 is 0 Å². The highest BCUT2D eigenvalue weighted by Gasteiger charge is 2.31. The van der Waals surface area contributed by atoms with Crippen LogP contribution in [0.3, 0.4) is 0 Å². The van der Waals surface area contributed by atoms with Gasteiger partial charge < -0.3 is 5.32 Å². The number of hydrogen-bond acceptors (Lipinski definition) is 2. The van der Waals surface area contributed by atoms with Gasteiger partial charge in [0, 0.05) is 30.9 Å². The zero-order valence-corrected chi connectivity index (χ0v) is 10.8. The Balaban J connectivity index is 2.01. The summed E-state index contributed by atoms with van der Waals surface area (Å²) in [6, 6.07) is 1.11. The summed E-state index contributed by atoms with van der Waals surface area (Å²) in [5, 5.41) is 8.15. The zero-order chi connectivity index (χ0) is 11.7. The van der Waals surface area contributed by atoms with E-state index in [9.17, 15) is 0 Å². The second kappa shape index (κ2) is 4.58. The maximum atomic E-state index is 4.40. The molecule has 0 aromatic carbocycles. The Hall–Kier alpha value is -0.830. The number of aromatic nitrogens is 2. The predicted octanol–water partition coefficient (Wildman–Crippen LogP) is 2.57. The smallest absolute Gasteiger partial charge is 0.0641 e. The van der Waals surface area contributed by atoms with Gasteiger partial charge in [-0.25, -0.2) is 0 Å². The minimum absolute atomic E-state index is 0.416. The Morgan fingerprint density at radius 2 is 2.25 bits per heavy atom. The lowest BCUT2D eigenvalue weighted by atomic mass is 10.1. The third-order valence-electron chi connectivity index (χ3n) is 3.61. The van der Waals surface area contributed by atoms with E-state index in [4.69, 9.17) is 0 Å². The first-order chi connectivity index (χ1) is 7.61. The number of nitrogens with one attached hydrogen (secondary N) is 1. The zero-order valence-electron chi connectivity index (χ0n) is 10.8. The first kappa shape index (κ1) is 11.6. The summed E-state index contributed by atoms with van der Waals surface area (Å²) < 4.78 is 1.90. The van der Waals surface area contributed by atoms with Gasteiger partial charge in [-0.3, -0.25) is 4.68 Å². The van der Waals surface area contributed by atoms with E-state index < -0.39 is 0 Å². The van der Waals surface area contributed by atoms with Gasteiger partial charge in [-0.2, -0.15) is 5.10 Å². The van der Waals surface area contributed by atoms with Crippen molar-refractivity contribution < 1.29 is 0 Å². The fourth-order valence-corrected chi connectivity index (χ4v) is 2.54. The predicted molar refractivity (Wildman–Crippen MR) is 66.3 cm³/mol. The minimum atomic E-state index is 0.416. The summed E-state index contributed by atoms with van der Waals surface area (Å²) >= 11 is 0. The molecule has 3 nitrogen and oxygen atoms in total. The summed E-state index contributed by atoms with van der Waals surface area (Å²) in [6.45, 7) is 6.61. The highest BCUT2D eigenvalue weighted by molar-refractivity contribution is 5.19. The van der Waals surface area contributed by atoms with E-state index in [-0.39, 0.29) is 0 Å². The second-order valence-corrected chi connectivity index (χ2v) is 5.08. The van der Waals surface area contributed by atoms with Gasteiger partial charge in [-0.1, -0.05) is 6.92 Å². The number of hydrogen-bond donors (Lipinski definition) is 1. The maximum absolute atomic E-state index is 4.40. The van der Waals surface area contributed by atoms with Crippen LogP contribution in [0.15, 0.2) is 6.20 Å². The molecule has 1 N–H and O–H groups in total. The monoisotopic (exact) mass is 221 g/mol. The van der Waals surface area contributed by atoms with Crippen LogP contribution in [-0.4, -0.2) is 15.8 Å². The third-order valence-corrected chi connectivity index (χ3v) is 3.61. The molecular weight excluding hydrogens is 198 g/mol. The fraction of sp³-hybridized carbons (Fsp3) is 0.769. The molecule has 2 unspecified atom stereocenters. The van der Waals surface area contributed by atoms with Gasteiger partial charge in [0.1, 0.15) is 0 Å². The molecule has 16 heavy (non-hydrogen) atoms. The van der Waals surface area contributed by atoms with Gasteiger partial charge in [-0.05, 0) is 39.0 Å². The Bertz CT molecular complexity index is 352. The topological polar surface area (TPSA) is 29.9 Å². The number of rotatable bonds is 5. The lowest BCUT2D eigenvalue weighted by molar-refractivity contribution is 0.404. The molecule has 90 valence electrons. The average molecular weight is 221 g/mol. The summed E-state index contributed by atoms with van der Waals surface area (Å²) in [4.78, 5) is 0. The molecule has 0 saturated heterocycles. The van der Waals surface area contributed by atoms with Crippen molar-refractivity contribution in [1.82, 2.24) is 15.1 Å². The molecule has 1 heterocycles. The van der Waals surface area contributed by atoms with Crippen LogP contribution in [0.2, 0.25) is 0 Å². The normalized spacial score (nSPS) is 19.8. The minimum Gasteiger partial charge on any atom is -0.307 e. The van der Waals surface area contributed by atoms with Gasteiger partial charge in [0.05, 0.1) is 5.69 Å². The van der Waals surface area contributed by atoms with Crippen LogP contribution in [-0.2, 0) is 7.05 Å². The van der Waals surface area contributed by atoms with E-state index in [0.717, 1.165) is 11.6 Å². The van der Waals surface area contributed by atoms with Crippen molar-refractivity contribution in [2.75, 3.05) is 0 Å². The lowest BCUT2D eigenvalue weighted by Crippen LogP contribution is -2.32. The maximum Gasteiger partial charge on any atom is 0.0641 e. The SMILES string of the molecule is CCC(NC(C)c1cn(C)nc1C)C1CC1. The molecule has 2 atom stereocenters. The summed E-state index contributed by atoms with van der Waals surface area (Å²) in [5.41, 5.74) is 2.48. The van der Waals surface area contributed by atoms with Crippen LogP contribution in [0, 0.1) is 12.8 Å². The summed E-state index contributed by atoms with van der Waals surface area (Å²) in [6.07, 6.45) is 6.18. The standard InChI is InChI=1S/C13H23N3/c1-5-13(11-6-7-11)14-9(2)12-8-16(4)15-10(12)3/h8-9,11,13-14H,5-7H2,1-4H3.